The molecule has 3 heterocycles. The lowest BCUT2D eigenvalue weighted by Gasteiger charge is -2.45. The maximum absolute atomic E-state index is 13.6. The van der Waals surface area contributed by atoms with Crippen molar-refractivity contribution < 1.29 is 14.4 Å². The first-order valence-corrected chi connectivity index (χ1v) is 12.5. The minimum Gasteiger partial charge on any atom is -0.368 e. The molecule has 1 atom stereocenters. The van der Waals surface area contributed by atoms with Crippen molar-refractivity contribution in [3.8, 4) is 0 Å². The Balaban J connectivity index is 1.37. The van der Waals surface area contributed by atoms with Crippen molar-refractivity contribution in [1.82, 2.24) is 9.80 Å². The van der Waals surface area contributed by atoms with Crippen LogP contribution in [-0.2, 0) is 9.59 Å². The topological polar surface area (TPSA) is 67.4 Å². The Kier molecular flexibility index (Phi) is 6.36. The maximum atomic E-state index is 13.6. The second-order valence-electron chi connectivity index (χ2n) is 9.74. The van der Waals surface area contributed by atoms with E-state index in [1.807, 2.05) is 35.2 Å². The summed E-state index contributed by atoms with van der Waals surface area (Å²) in [6.45, 7) is 3.58. The van der Waals surface area contributed by atoms with Gasteiger partial charge in [0, 0.05) is 58.1 Å². The van der Waals surface area contributed by atoms with Crippen molar-refractivity contribution in [2.45, 2.75) is 25.3 Å². The van der Waals surface area contributed by atoms with Crippen LogP contribution in [0.5, 0.6) is 0 Å². The number of nitrogens with zero attached hydrogens (tertiary/aromatic N) is 5. The molecule has 0 spiro atoms. The third-order valence-electron chi connectivity index (χ3n) is 7.33. The van der Waals surface area contributed by atoms with E-state index >= 15 is 0 Å². The third kappa shape index (κ3) is 4.45. The van der Waals surface area contributed by atoms with Crippen LogP contribution in [0.2, 0.25) is 0 Å². The molecule has 8 heteroatoms. The fourth-order valence-corrected chi connectivity index (χ4v) is 5.40. The first-order chi connectivity index (χ1) is 16.9. The van der Waals surface area contributed by atoms with Crippen molar-refractivity contribution in [2.75, 3.05) is 68.1 Å². The predicted molar refractivity (Wildman–Crippen MR) is 137 cm³/mol. The average Bonchev–Trinajstić information content (AvgIpc) is 2.90. The Morgan fingerprint density at radius 3 is 2.37 bits per heavy atom. The van der Waals surface area contributed by atoms with E-state index in [-0.39, 0.29) is 30.3 Å². The van der Waals surface area contributed by atoms with E-state index < -0.39 is 0 Å². The van der Waals surface area contributed by atoms with Gasteiger partial charge in [0.25, 0.3) is 5.91 Å². The molecule has 8 nitrogen and oxygen atoms in total. The molecule has 3 aliphatic rings. The number of hydrogen-bond acceptors (Lipinski definition) is 5. The average molecular weight is 476 g/mol. The fourth-order valence-electron chi connectivity index (χ4n) is 5.40. The van der Waals surface area contributed by atoms with Crippen LogP contribution in [-0.4, -0.2) is 86.9 Å². The van der Waals surface area contributed by atoms with Crippen LogP contribution in [0.1, 0.15) is 29.6 Å². The molecule has 0 bridgehead atoms. The highest BCUT2D eigenvalue weighted by atomic mass is 16.2. The number of hydrogen-bond donors (Lipinski definition) is 0. The Bertz CT molecular complexity index is 1110. The summed E-state index contributed by atoms with van der Waals surface area (Å²) in [4.78, 5) is 49.1. The molecule has 5 rings (SSSR count). The second-order valence-corrected chi connectivity index (χ2v) is 9.74. The molecule has 0 N–H and O–H groups in total. The molecule has 0 aromatic heterocycles. The molecule has 0 radical (unpaired) electrons. The summed E-state index contributed by atoms with van der Waals surface area (Å²) < 4.78 is 0. The first kappa shape index (κ1) is 23.2. The summed E-state index contributed by atoms with van der Waals surface area (Å²) in [7, 11) is 3.42. The van der Waals surface area contributed by atoms with E-state index in [9.17, 15) is 14.4 Å². The van der Waals surface area contributed by atoms with Crippen LogP contribution in [0.25, 0.3) is 0 Å². The number of carbonyl (C=O) groups excluding carboxylic acids is 3. The molecule has 184 valence electrons. The highest BCUT2D eigenvalue weighted by Crippen LogP contribution is 2.40. The van der Waals surface area contributed by atoms with Gasteiger partial charge >= 0.3 is 0 Å². The molecule has 0 saturated carbocycles. The third-order valence-corrected chi connectivity index (χ3v) is 7.33. The van der Waals surface area contributed by atoms with Gasteiger partial charge in [0.1, 0.15) is 12.6 Å². The molecule has 2 aromatic carbocycles. The summed E-state index contributed by atoms with van der Waals surface area (Å²) in [5.74, 6) is -0.210. The minimum atomic E-state index is -0.241. The van der Waals surface area contributed by atoms with Gasteiger partial charge in [-0.25, -0.2) is 0 Å². The van der Waals surface area contributed by atoms with Crippen LogP contribution < -0.4 is 14.7 Å². The molecule has 2 aromatic rings. The van der Waals surface area contributed by atoms with Gasteiger partial charge in [-0.05, 0) is 49.6 Å². The number of carbonyl (C=O) groups is 3. The lowest BCUT2D eigenvalue weighted by Crippen LogP contribution is -2.58. The van der Waals surface area contributed by atoms with Crippen LogP contribution in [0.3, 0.4) is 0 Å². The van der Waals surface area contributed by atoms with Crippen LogP contribution in [0.15, 0.2) is 48.5 Å². The van der Waals surface area contributed by atoms with Gasteiger partial charge in [0.05, 0.1) is 11.4 Å². The van der Waals surface area contributed by atoms with Gasteiger partial charge in [-0.15, -0.1) is 0 Å². The number of benzene rings is 2. The zero-order valence-corrected chi connectivity index (χ0v) is 20.5. The monoisotopic (exact) mass is 475 g/mol. The van der Waals surface area contributed by atoms with E-state index in [1.165, 1.54) is 4.90 Å². The summed E-state index contributed by atoms with van der Waals surface area (Å²) in [6.07, 6.45) is 2.83. The van der Waals surface area contributed by atoms with E-state index in [2.05, 4.69) is 21.9 Å². The molecule has 35 heavy (non-hydrogen) atoms. The van der Waals surface area contributed by atoms with Gasteiger partial charge < -0.3 is 19.6 Å². The minimum absolute atomic E-state index is 0.00111. The Morgan fingerprint density at radius 1 is 0.914 bits per heavy atom. The van der Waals surface area contributed by atoms with E-state index in [0.29, 0.717) is 24.3 Å². The number of rotatable bonds is 4. The summed E-state index contributed by atoms with van der Waals surface area (Å²) in [5, 5.41) is 0. The molecule has 3 aliphatic heterocycles. The number of piperazine rings is 1. The molecule has 0 aliphatic carbocycles. The molecule has 3 amide bonds. The van der Waals surface area contributed by atoms with E-state index in [4.69, 9.17) is 0 Å². The maximum Gasteiger partial charge on any atom is 0.253 e. The number of piperidine rings is 1. The van der Waals surface area contributed by atoms with Gasteiger partial charge in [-0.3, -0.25) is 19.3 Å². The van der Waals surface area contributed by atoms with Gasteiger partial charge in [0.15, 0.2) is 0 Å². The number of anilines is 3. The smallest absolute Gasteiger partial charge is 0.253 e. The predicted octanol–water partition coefficient (Wildman–Crippen LogP) is 2.44. The summed E-state index contributed by atoms with van der Waals surface area (Å²) >= 11 is 0. The molecule has 2 fully saturated rings. The van der Waals surface area contributed by atoms with E-state index in [0.717, 1.165) is 50.3 Å². The van der Waals surface area contributed by atoms with Gasteiger partial charge in [0.2, 0.25) is 11.8 Å². The second kappa shape index (κ2) is 9.60. The zero-order valence-electron chi connectivity index (χ0n) is 20.5. The number of amides is 3. The van der Waals surface area contributed by atoms with E-state index in [1.54, 1.807) is 25.1 Å². The normalized spacial score (nSPS) is 19.8. The number of fused-ring (bicyclic) bond motifs is 3. The van der Waals surface area contributed by atoms with Crippen molar-refractivity contribution in [3.05, 3.63) is 54.1 Å². The molecule has 0 unspecified atom stereocenters. The van der Waals surface area contributed by atoms with Crippen molar-refractivity contribution >= 4 is 34.8 Å². The van der Waals surface area contributed by atoms with Crippen LogP contribution in [0, 0.1) is 0 Å². The SMILES string of the molecule is CN(C)C(=O)c1ccc2c(c1)N(CC(=O)N1CCN(c3ccccc3)CC1)C(=O)[C@@H]1CCCCN21. The molecule has 2 saturated heterocycles. The first-order valence-electron chi connectivity index (χ1n) is 12.5. The summed E-state index contributed by atoms with van der Waals surface area (Å²) in [6, 6.07) is 15.5. The molecular weight excluding hydrogens is 442 g/mol. The fraction of sp³-hybridized carbons (Fsp3) is 0.444. The standard InChI is InChI=1S/C27H33N5O3/c1-28(2)26(34)20-11-12-22-24(18-20)32(27(35)23-10-6-7-13-31(22)23)19-25(33)30-16-14-29(15-17-30)21-8-4-3-5-9-21/h3-5,8-9,11-12,18,23H,6-7,10,13-17,19H2,1-2H3/t23-/m0/s1. The Hall–Kier alpha value is -3.55. The Morgan fingerprint density at radius 2 is 1.66 bits per heavy atom. The zero-order chi connectivity index (χ0) is 24.5. The van der Waals surface area contributed by atoms with Crippen LogP contribution in [0.4, 0.5) is 17.1 Å². The lowest BCUT2D eigenvalue weighted by atomic mass is 9.95. The quantitative estimate of drug-likeness (QED) is 0.680. The van der Waals surface area contributed by atoms with Crippen molar-refractivity contribution in [1.29, 1.82) is 0 Å². The van der Waals surface area contributed by atoms with Crippen molar-refractivity contribution in [2.24, 2.45) is 0 Å². The van der Waals surface area contributed by atoms with Gasteiger partial charge in [-0.1, -0.05) is 18.2 Å². The number of para-hydroxylation sites is 1. The lowest BCUT2D eigenvalue weighted by molar-refractivity contribution is -0.132. The largest absolute Gasteiger partial charge is 0.368 e. The van der Waals surface area contributed by atoms with Crippen molar-refractivity contribution in [3.63, 3.8) is 0 Å². The molecular formula is C27H33N5O3. The van der Waals surface area contributed by atoms with Gasteiger partial charge in [-0.2, -0.15) is 0 Å². The Labute approximate surface area is 206 Å². The van der Waals surface area contributed by atoms with Crippen LogP contribution >= 0.6 is 0 Å². The highest BCUT2D eigenvalue weighted by Gasteiger charge is 2.41. The summed E-state index contributed by atoms with van der Waals surface area (Å²) in [5.41, 5.74) is 3.28. The highest BCUT2D eigenvalue weighted by molar-refractivity contribution is 6.09.